The Hall–Kier alpha value is -4.35. The second-order valence-corrected chi connectivity index (χ2v) is 10.9. The number of hydrogen-bond donors (Lipinski definition) is 1. The number of nitriles is 1. The van der Waals surface area contributed by atoms with Gasteiger partial charge in [-0.15, -0.1) is 0 Å². The Morgan fingerprint density at radius 1 is 1.00 bits per heavy atom. The SMILES string of the molecule is COc1ccccc1C(c1cccc2ccccc12)[C@@](C)(C#N)C(=O)N1CCC(c2cccc(C(F)(F)F)c2)C(O)C1. The number of carbonyl (C=O) groups excluding carboxylic acids is 1. The van der Waals surface area contributed by atoms with Crippen LogP contribution in [0.1, 0.15) is 47.4 Å². The minimum Gasteiger partial charge on any atom is -0.496 e. The number of amides is 1. The van der Waals surface area contributed by atoms with Crippen LogP contribution in [-0.4, -0.2) is 42.2 Å². The van der Waals surface area contributed by atoms with Crippen LogP contribution in [0.3, 0.4) is 0 Å². The molecule has 1 aliphatic rings. The molecule has 42 heavy (non-hydrogen) atoms. The average molecular weight is 573 g/mol. The highest BCUT2D eigenvalue weighted by atomic mass is 19.4. The van der Waals surface area contributed by atoms with Gasteiger partial charge in [-0.25, -0.2) is 0 Å². The number of piperidine rings is 1. The summed E-state index contributed by atoms with van der Waals surface area (Å²) in [5, 5.41) is 23.7. The van der Waals surface area contributed by atoms with E-state index < -0.39 is 41.0 Å². The lowest BCUT2D eigenvalue weighted by Crippen LogP contribution is -2.52. The molecule has 4 aromatic carbocycles. The Bertz CT molecular complexity index is 1640. The van der Waals surface area contributed by atoms with Gasteiger partial charge in [0.1, 0.15) is 11.2 Å². The highest BCUT2D eigenvalue weighted by Crippen LogP contribution is 2.48. The molecule has 3 unspecified atom stereocenters. The van der Waals surface area contributed by atoms with Crippen molar-refractivity contribution in [3.05, 3.63) is 113 Å². The van der Waals surface area contributed by atoms with E-state index in [-0.39, 0.29) is 19.5 Å². The van der Waals surface area contributed by atoms with E-state index in [1.54, 1.807) is 26.2 Å². The molecule has 8 heteroatoms. The van der Waals surface area contributed by atoms with Gasteiger partial charge in [0.05, 0.1) is 24.8 Å². The van der Waals surface area contributed by atoms with Crippen molar-refractivity contribution >= 4 is 16.7 Å². The van der Waals surface area contributed by atoms with E-state index in [0.29, 0.717) is 16.9 Å². The predicted molar refractivity (Wildman–Crippen MR) is 154 cm³/mol. The maximum Gasteiger partial charge on any atom is 0.416 e. The van der Waals surface area contributed by atoms with Gasteiger partial charge in [0.25, 0.3) is 0 Å². The van der Waals surface area contributed by atoms with E-state index in [0.717, 1.165) is 28.5 Å². The Morgan fingerprint density at radius 3 is 2.38 bits per heavy atom. The van der Waals surface area contributed by atoms with E-state index in [9.17, 15) is 28.3 Å². The van der Waals surface area contributed by atoms with Gasteiger partial charge < -0.3 is 14.7 Å². The molecule has 5 rings (SSSR count). The van der Waals surface area contributed by atoms with E-state index in [2.05, 4.69) is 6.07 Å². The summed E-state index contributed by atoms with van der Waals surface area (Å²) < 4.78 is 45.7. The van der Waals surface area contributed by atoms with Crippen LogP contribution < -0.4 is 4.74 Å². The molecule has 4 atom stereocenters. The molecule has 216 valence electrons. The molecule has 1 saturated heterocycles. The summed E-state index contributed by atoms with van der Waals surface area (Å²) in [6, 6.07) is 28.1. The van der Waals surface area contributed by atoms with Crippen molar-refractivity contribution in [1.29, 1.82) is 5.26 Å². The van der Waals surface area contributed by atoms with Crippen molar-refractivity contribution in [1.82, 2.24) is 4.90 Å². The van der Waals surface area contributed by atoms with Gasteiger partial charge in [0.2, 0.25) is 5.91 Å². The zero-order valence-corrected chi connectivity index (χ0v) is 23.3. The molecule has 1 heterocycles. The van der Waals surface area contributed by atoms with E-state index in [1.165, 1.54) is 11.0 Å². The smallest absolute Gasteiger partial charge is 0.416 e. The Kier molecular flexibility index (Phi) is 7.98. The van der Waals surface area contributed by atoms with Gasteiger partial charge in [0, 0.05) is 30.5 Å². The lowest BCUT2D eigenvalue weighted by atomic mass is 9.68. The number of fused-ring (bicyclic) bond motifs is 1. The number of likely N-dealkylation sites (tertiary alicyclic amines) is 1. The van der Waals surface area contributed by atoms with Gasteiger partial charge in [0.15, 0.2) is 0 Å². The summed E-state index contributed by atoms with van der Waals surface area (Å²) in [5.41, 5.74) is -0.559. The number of methoxy groups -OCH3 is 1. The number of aliphatic hydroxyl groups excluding tert-OH is 1. The number of nitrogens with zero attached hydrogens (tertiary/aromatic N) is 2. The maximum absolute atomic E-state index is 14.4. The second kappa shape index (κ2) is 11.5. The topological polar surface area (TPSA) is 73.6 Å². The summed E-state index contributed by atoms with van der Waals surface area (Å²) in [6.07, 6.45) is -5.35. The quantitative estimate of drug-likeness (QED) is 0.273. The summed E-state index contributed by atoms with van der Waals surface area (Å²) in [6.45, 7) is 1.69. The molecule has 1 amide bonds. The van der Waals surface area contributed by atoms with Crippen LogP contribution in [0, 0.1) is 16.7 Å². The van der Waals surface area contributed by atoms with Crippen molar-refractivity contribution in [2.24, 2.45) is 5.41 Å². The average Bonchev–Trinajstić information content (AvgIpc) is 3.00. The first-order chi connectivity index (χ1) is 20.1. The first-order valence-corrected chi connectivity index (χ1v) is 13.7. The number of halogens is 3. The van der Waals surface area contributed by atoms with Crippen LogP contribution in [-0.2, 0) is 11.0 Å². The van der Waals surface area contributed by atoms with Crippen molar-refractivity contribution in [2.75, 3.05) is 20.2 Å². The van der Waals surface area contributed by atoms with E-state index in [1.807, 2.05) is 60.7 Å². The highest BCUT2D eigenvalue weighted by molar-refractivity contribution is 5.91. The van der Waals surface area contributed by atoms with Crippen LogP contribution in [0.2, 0.25) is 0 Å². The lowest BCUT2D eigenvalue weighted by molar-refractivity contribution is -0.142. The number of hydrogen-bond acceptors (Lipinski definition) is 4. The molecule has 0 bridgehead atoms. The van der Waals surface area contributed by atoms with Crippen LogP contribution in [0.5, 0.6) is 5.75 Å². The summed E-state index contributed by atoms with van der Waals surface area (Å²) in [5.74, 6) is -1.23. The van der Waals surface area contributed by atoms with Crippen molar-refractivity contribution in [3.8, 4) is 11.8 Å². The zero-order valence-electron chi connectivity index (χ0n) is 23.3. The highest BCUT2D eigenvalue weighted by Gasteiger charge is 2.48. The van der Waals surface area contributed by atoms with E-state index in [4.69, 9.17) is 4.74 Å². The van der Waals surface area contributed by atoms with Crippen LogP contribution in [0.15, 0.2) is 91.0 Å². The molecule has 4 aromatic rings. The largest absolute Gasteiger partial charge is 0.496 e. The van der Waals surface area contributed by atoms with Gasteiger partial charge in [-0.2, -0.15) is 18.4 Å². The third-order valence-electron chi connectivity index (χ3n) is 8.35. The van der Waals surface area contributed by atoms with Gasteiger partial charge in [-0.3, -0.25) is 4.79 Å². The Balaban J connectivity index is 1.53. The first kappa shape index (κ1) is 29.2. The lowest BCUT2D eigenvalue weighted by Gasteiger charge is -2.41. The first-order valence-electron chi connectivity index (χ1n) is 13.7. The Labute approximate surface area is 242 Å². The van der Waals surface area contributed by atoms with Gasteiger partial charge in [-0.1, -0.05) is 78.9 Å². The number of β-amino-alcohol motifs (C(OH)–C–C–N with tert-alkyl or cyclic N) is 1. The third kappa shape index (κ3) is 5.33. The fourth-order valence-corrected chi connectivity index (χ4v) is 6.21. The fraction of sp³-hybridized carbons (Fsp3) is 0.294. The number of para-hydroxylation sites is 1. The molecule has 1 aliphatic heterocycles. The molecule has 0 radical (unpaired) electrons. The maximum atomic E-state index is 14.4. The normalized spacial score (nSPS) is 19.5. The van der Waals surface area contributed by atoms with Crippen molar-refractivity contribution in [2.45, 2.75) is 37.5 Å². The van der Waals surface area contributed by atoms with Gasteiger partial charge in [-0.05, 0) is 47.4 Å². The number of ether oxygens (including phenoxy) is 1. The standard InChI is InChI=1S/C34H31F3N2O3/c1-33(21-38,32(41)39-18-17-26(29(40)20-39)23-11-7-12-24(19-23)34(35,36)37)31(28-14-5-6-16-30(28)42-2)27-15-8-10-22-9-3-4-13-25(22)27/h3-16,19,26,29,31,40H,17-18,20H2,1-2H3/t26?,29?,31?,33-/m1/s1. The molecular weight excluding hydrogens is 541 g/mol. The molecule has 0 spiro atoms. The number of alkyl halides is 3. The van der Waals surface area contributed by atoms with Crippen molar-refractivity contribution < 1.29 is 27.8 Å². The minimum atomic E-state index is -4.50. The summed E-state index contributed by atoms with van der Waals surface area (Å²) >= 11 is 0. The summed E-state index contributed by atoms with van der Waals surface area (Å²) in [4.78, 5) is 15.8. The molecule has 1 fully saturated rings. The molecule has 1 N–H and O–H groups in total. The molecule has 0 aliphatic carbocycles. The summed E-state index contributed by atoms with van der Waals surface area (Å²) in [7, 11) is 1.54. The number of aliphatic hydroxyl groups is 1. The molecule has 0 saturated carbocycles. The van der Waals surface area contributed by atoms with Crippen molar-refractivity contribution in [3.63, 3.8) is 0 Å². The van der Waals surface area contributed by atoms with Gasteiger partial charge >= 0.3 is 6.18 Å². The molecule has 5 nitrogen and oxygen atoms in total. The van der Waals surface area contributed by atoms with Crippen LogP contribution >= 0.6 is 0 Å². The van der Waals surface area contributed by atoms with Crippen LogP contribution in [0.25, 0.3) is 10.8 Å². The molecular formula is C34H31F3N2O3. The number of benzene rings is 4. The van der Waals surface area contributed by atoms with Crippen LogP contribution in [0.4, 0.5) is 13.2 Å². The number of carbonyl (C=O) groups is 1. The fourth-order valence-electron chi connectivity index (χ4n) is 6.21. The number of rotatable bonds is 6. The Morgan fingerprint density at radius 2 is 1.67 bits per heavy atom. The zero-order chi connectivity index (χ0) is 30.1. The molecule has 0 aromatic heterocycles. The van der Waals surface area contributed by atoms with E-state index >= 15 is 0 Å². The second-order valence-electron chi connectivity index (χ2n) is 10.9. The monoisotopic (exact) mass is 572 g/mol. The minimum absolute atomic E-state index is 0.106. The third-order valence-corrected chi connectivity index (χ3v) is 8.35. The predicted octanol–water partition coefficient (Wildman–Crippen LogP) is 6.91.